The van der Waals surface area contributed by atoms with E-state index in [0.717, 1.165) is 32.7 Å². The van der Waals surface area contributed by atoms with Gasteiger partial charge in [-0.25, -0.2) is 0 Å². The van der Waals surface area contributed by atoms with Gasteiger partial charge in [-0.3, -0.25) is 10.1 Å². The van der Waals surface area contributed by atoms with Gasteiger partial charge in [-0.15, -0.1) is 0 Å². The lowest BCUT2D eigenvalue weighted by Gasteiger charge is -2.32. The molecule has 122 valence electrons. The zero-order valence-electron chi connectivity index (χ0n) is 13.7. The molecule has 1 aliphatic carbocycles. The van der Waals surface area contributed by atoms with E-state index >= 15 is 0 Å². The van der Waals surface area contributed by atoms with Crippen molar-refractivity contribution in [3.05, 3.63) is 0 Å². The number of ether oxygens (including phenoxy) is 2. The minimum absolute atomic E-state index is 0.149. The Morgan fingerprint density at radius 3 is 2.76 bits per heavy atom. The van der Waals surface area contributed by atoms with Crippen LogP contribution in [0.3, 0.4) is 0 Å². The van der Waals surface area contributed by atoms with E-state index in [1.54, 1.807) is 0 Å². The standard InChI is InChI=1S/C16H30N2O3/c1-16(15(19)20-3,17-14-6-7-14)8-9-18(2)11-13-5-4-10-21-12-13/h13-14,17H,4-12H2,1-3H3. The molecule has 2 unspecified atom stereocenters. The predicted octanol–water partition coefficient (Wildman–Crippen LogP) is 1.42. The minimum atomic E-state index is -0.562. The highest BCUT2D eigenvalue weighted by molar-refractivity contribution is 5.80. The number of carbonyl (C=O) groups excluding carboxylic acids is 1. The van der Waals surface area contributed by atoms with Crippen molar-refractivity contribution in [2.45, 2.75) is 50.6 Å². The molecule has 0 aromatic carbocycles. The number of nitrogens with one attached hydrogen (secondary N) is 1. The maximum absolute atomic E-state index is 12.1. The first-order chi connectivity index (χ1) is 10.0. The van der Waals surface area contributed by atoms with E-state index in [1.807, 2.05) is 6.92 Å². The second kappa shape index (κ2) is 7.56. The van der Waals surface area contributed by atoms with Gasteiger partial charge in [0.1, 0.15) is 5.54 Å². The van der Waals surface area contributed by atoms with Gasteiger partial charge < -0.3 is 14.4 Å². The first-order valence-corrected chi connectivity index (χ1v) is 8.16. The summed E-state index contributed by atoms with van der Waals surface area (Å²) >= 11 is 0. The van der Waals surface area contributed by atoms with Gasteiger partial charge in [0, 0.05) is 25.7 Å². The molecule has 0 aromatic heterocycles. The Labute approximate surface area is 128 Å². The molecule has 0 amide bonds. The summed E-state index contributed by atoms with van der Waals surface area (Å²) in [6.45, 7) is 5.68. The Morgan fingerprint density at radius 1 is 1.43 bits per heavy atom. The summed E-state index contributed by atoms with van der Waals surface area (Å²) in [5, 5.41) is 3.45. The molecule has 2 aliphatic rings. The summed E-state index contributed by atoms with van der Waals surface area (Å²) in [6, 6.07) is 0.492. The van der Waals surface area contributed by atoms with E-state index in [1.165, 1.54) is 32.8 Å². The van der Waals surface area contributed by atoms with E-state index in [2.05, 4.69) is 17.3 Å². The average molecular weight is 298 g/mol. The van der Waals surface area contributed by atoms with Crippen LogP contribution >= 0.6 is 0 Å². The lowest BCUT2D eigenvalue weighted by atomic mass is 9.96. The normalized spacial score (nSPS) is 25.6. The van der Waals surface area contributed by atoms with Crippen LogP contribution in [0.5, 0.6) is 0 Å². The lowest BCUT2D eigenvalue weighted by Crippen LogP contribution is -2.53. The van der Waals surface area contributed by atoms with Crippen molar-refractivity contribution < 1.29 is 14.3 Å². The third-order valence-corrected chi connectivity index (χ3v) is 4.55. The smallest absolute Gasteiger partial charge is 0.325 e. The van der Waals surface area contributed by atoms with Gasteiger partial charge >= 0.3 is 5.97 Å². The third kappa shape index (κ3) is 5.24. The summed E-state index contributed by atoms with van der Waals surface area (Å²) in [6.07, 6.45) is 5.53. The fourth-order valence-electron chi connectivity index (χ4n) is 3.03. The summed E-state index contributed by atoms with van der Waals surface area (Å²) in [4.78, 5) is 14.4. The molecular weight excluding hydrogens is 268 g/mol. The summed E-state index contributed by atoms with van der Waals surface area (Å²) in [5.74, 6) is 0.480. The van der Waals surface area contributed by atoms with Crippen LogP contribution in [0.25, 0.3) is 0 Å². The van der Waals surface area contributed by atoms with Crippen molar-refractivity contribution in [2.75, 3.05) is 40.5 Å². The predicted molar refractivity (Wildman–Crippen MR) is 82.2 cm³/mol. The number of methoxy groups -OCH3 is 1. The fourth-order valence-corrected chi connectivity index (χ4v) is 3.03. The van der Waals surface area contributed by atoms with E-state index in [-0.39, 0.29) is 5.97 Å². The molecule has 21 heavy (non-hydrogen) atoms. The number of esters is 1. The molecule has 1 N–H and O–H groups in total. The summed E-state index contributed by atoms with van der Waals surface area (Å²) in [5.41, 5.74) is -0.562. The Bertz CT molecular complexity index is 340. The van der Waals surface area contributed by atoms with Gasteiger partial charge in [-0.05, 0) is 52.0 Å². The molecule has 1 heterocycles. The molecule has 2 fully saturated rings. The SMILES string of the molecule is COC(=O)C(C)(CCN(C)CC1CCCOC1)NC1CC1. The number of carbonyl (C=O) groups is 1. The maximum atomic E-state index is 12.1. The zero-order chi connectivity index (χ0) is 15.3. The second-order valence-corrected chi connectivity index (χ2v) is 6.84. The first kappa shape index (κ1) is 16.7. The molecule has 0 aromatic rings. The summed E-state index contributed by atoms with van der Waals surface area (Å²) < 4.78 is 10.5. The van der Waals surface area contributed by atoms with Gasteiger partial charge in [0.2, 0.25) is 0 Å². The highest BCUT2D eigenvalue weighted by Gasteiger charge is 2.39. The van der Waals surface area contributed by atoms with E-state index in [9.17, 15) is 4.79 Å². The van der Waals surface area contributed by atoms with Crippen LogP contribution in [-0.4, -0.2) is 62.9 Å². The van der Waals surface area contributed by atoms with E-state index in [4.69, 9.17) is 9.47 Å². The number of hydrogen-bond acceptors (Lipinski definition) is 5. The molecule has 0 bridgehead atoms. The van der Waals surface area contributed by atoms with Crippen LogP contribution in [0.1, 0.15) is 39.0 Å². The number of nitrogens with zero attached hydrogens (tertiary/aromatic N) is 1. The van der Waals surface area contributed by atoms with Crippen LogP contribution in [0, 0.1) is 5.92 Å². The van der Waals surface area contributed by atoms with Crippen molar-refractivity contribution in [1.29, 1.82) is 0 Å². The lowest BCUT2D eigenvalue weighted by molar-refractivity contribution is -0.148. The first-order valence-electron chi connectivity index (χ1n) is 8.16. The van der Waals surface area contributed by atoms with Gasteiger partial charge in [-0.2, -0.15) is 0 Å². The molecule has 5 nitrogen and oxygen atoms in total. The van der Waals surface area contributed by atoms with Gasteiger partial charge in [0.05, 0.1) is 13.7 Å². The van der Waals surface area contributed by atoms with Crippen LogP contribution in [0.4, 0.5) is 0 Å². The monoisotopic (exact) mass is 298 g/mol. The average Bonchev–Trinajstić information content (AvgIpc) is 3.29. The molecule has 2 rings (SSSR count). The topological polar surface area (TPSA) is 50.8 Å². The highest BCUT2D eigenvalue weighted by Crippen LogP contribution is 2.25. The van der Waals surface area contributed by atoms with Gasteiger partial charge in [0.25, 0.3) is 0 Å². The van der Waals surface area contributed by atoms with Gasteiger partial charge in [0.15, 0.2) is 0 Å². The zero-order valence-corrected chi connectivity index (χ0v) is 13.7. The molecule has 0 spiro atoms. The number of rotatable bonds is 8. The van der Waals surface area contributed by atoms with E-state index < -0.39 is 5.54 Å². The quantitative estimate of drug-likeness (QED) is 0.687. The number of hydrogen-bond donors (Lipinski definition) is 1. The van der Waals surface area contributed by atoms with Crippen molar-refractivity contribution in [1.82, 2.24) is 10.2 Å². The highest BCUT2D eigenvalue weighted by atomic mass is 16.5. The minimum Gasteiger partial charge on any atom is -0.468 e. The van der Waals surface area contributed by atoms with Crippen LogP contribution in [0.2, 0.25) is 0 Å². The Kier molecular flexibility index (Phi) is 6.02. The van der Waals surface area contributed by atoms with Crippen molar-refractivity contribution in [3.63, 3.8) is 0 Å². The Balaban J connectivity index is 1.78. The molecular formula is C16H30N2O3. The molecule has 0 radical (unpaired) electrons. The van der Waals surface area contributed by atoms with Crippen LogP contribution < -0.4 is 5.32 Å². The van der Waals surface area contributed by atoms with Crippen molar-refractivity contribution in [2.24, 2.45) is 5.92 Å². The van der Waals surface area contributed by atoms with Gasteiger partial charge in [-0.1, -0.05) is 0 Å². The largest absolute Gasteiger partial charge is 0.468 e. The molecule has 1 saturated heterocycles. The van der Waals surface area contributed by atoms with Crippen LogP contribution in [0.15, 0.2) is 0 Å². The molecule has 1 aliphatic heterocycles. The second-order valence-electron chi connectivity index (χ2n) is 6.84. The maximum Gasteiger partial charge on any atom is 0.325 e. The van der Waals surface area contributed by atoms with Crippen molar-refractivity contribution in [3.8, 4) is 0 Å². The Hall–Kier alpha value is -0.650. The van der Waals surface area contributed by atoms with E-state index in [0.29, 0.717) is 12.0 Å². The summed E-state index contributed by atoms with van der Waals surface area (Å²) in [7, 11) is 3.60. The Morgan fingerprint density at radius 2 is 2.19 bits per heavy atom. The molecule has 5 heteroatoms. The third-order valence-electron chi connectivity index (χ3n) is 4.55. The molecule has 1 saturated carbocycles. The fraction of sp³-hybridized carbons (Fsp3) is 0.938. The van der Waals surface area contributed by atoms with Crippen molar-refractivity contribution >= 4 is 5.97 Å². The molecule has 2 atom stereocenters. The van der Waals surface area contributed by atoms with Crippen LogP contribution in [-0.2, 0) is 14.3 Å².